The standard InChI is InChI=1S/C17H34N2/c1-4-15-7-6-8-17(13-15)19-11-9-14(3)18-16(5-2)10-12-19/h14-18H,4-13H2,1-3H3. The van der Waals surface area contributed by atoms with Crippen molar-refractivity contribution in [3.05, 3.63) is 0 Å². The van der Waals surface area contributed by atoms with Crippen LogP contribution in [0, 0.1) is 5.92 Å². The topological polar surface area (TPSA) is 15.3 Å². The van der Waals surface area contributed by atoms with E-state index in [-0.39, 0.29) is 0 Å². The van der Waals surface area contributed by atoms with Crippen molar-refractivity contribution < 1.29 is 0 Å². The van der Waals surface area contributed by atoms with Crippen molar-refractivity contribution in [1.82, 2.24) is 10.2 Å². The molecule has 2 aliphatic rings. The zero-order valence-corrected chi connectivity index (χ0v) is 13.3. The summed E-state index contributed by atoms with van der Waals surface area (Å²) in [5.41, 5.74) is 0. The Kier molecular flexibility index (Phi) is 6.15. The third kappa shape index (κ3) is 4.46. The van der Waals surface area contributed by atoms with Gasteiger partial charge in [-0.15, -0.1) is 0 Å². The Morgan fingerprint density at radius 2 is 1.79 bits per heavy atom. The zero-order chi connectivity index (χ0) is 13.7. The quantitative estimate of drug-likeness (QED) is 0.835. The van der Waals surface area contributed by atoms with E-state index in [1.165, 1.54) is 64.5 Å². The number of hydrogen-bond donors (Lipinski definition) is 1. The highest BCUT2D eigenvalue weighted by atomic mass is 15.2. The third-order valence-electron chi connectivity index (χ3n) is 5.48. The maximum atomic E-state index is 3.79. The molecule has 4 unspecified atom stereocenters. The number of rotatable bonds is 3. The van der Waals surface area contributed by atoms with Gasteiger partial charge >= 0.3 is 0 Å². The van der Waals surface area contributed by atoms with Crippen molar-refractivity contribution in [3.63, 3.8) is 0 Å². The molecule has 0 aromatic carbocycles. The highest BCUT2D eigenvalue weighted by molar-refractivity contribution is 4.84. The zero-order valence-electron chi connectivity index (χ0n) is 13.3. The molecule has 0 aromatic rings. The van der Waals surface area contributed by atoms with Gasteiger partial charge in [-0.25, -0.2) is 0 Å². The van der Waals surface area contributed by atoms with Crippen molar-refractivity contribution in [2.24, 2.45) is 5.92 Å². The van der Waals surface area contributed by atoms with E-state index in [9.17, 15) is 0 Å². The summed E-state index contributed by atoms with van der Waals surface area (Å²) < 4.78 is 0. The first-order chi connectivity index (χ1) is 9.22. The molecular formula is C17H34N2. The second-order valence-corrected chi connectivity index (χ2v) is 6.88. The summed E-state index contributed by atoms with van der Waals surface area (Å²) >= 11 is 0. The first kappa shape index (κ1) is 15.3. The summed E-state index contributed by atoms with van der Waals surface area (Å²) in [6, 6.07) is 2.32. The van der Waals surface area contributed by atoms with E-state index >= 15 is 0 Å². The molecule has 2 fully saturated rings. The monoisotopic (exact) mass is 266 g/mol. The average molecular weight is 266 g/mol. The lowest BCUT2D eigenvalue weighted by molar-refractivity contribution is 0.108. The minimum atomic E-state index is 0.693. The largest absolute Gasteiger partial charge is 0.311 e. The number of nitrogens with one attached hydrogen (secondary N) is 1. The van der Waals surface area contributed by atoms with E-state index in [0.29, 0.717) is 6.04 Å². The second kappa shape index (κ2) is 7.64. The molecule has 1 saturated carbocycles. The molecule has 19 heavy (non-hydrogen) atoms. The van der Waals surface area contributed by atoms with Gasteiger partial charge in [-0.05, 0) is 58.0 Å². The second-order valence-electron chi connectivity index (χ2n) is 6.88. The Balaban J connectivity index is 1.90. The summed E-state index contributed by atoms with van der Waals surface area (Å²) in [6.45, 7) is 9.69. The van der Waals surface area contributed by atoms with Gasteiger partial charge in [0, 0.05) is 18.1 Å². The molecule has 1 aliphatic heterocycles. The first-order valence-corrected chi connectivity index (χ1v) is 8.73. The van der Waals surface area contributed by atoms with Gasteiger partial charge in [0.15, 0.2) is 0 Å². The van der Waals surface area contributed by atoms with Crippen LogP contribution >= 0.6 is 0 Å². The van der Waals surface area contributed by atoms with Crippen molar-refractivity contribution in [3.8, 4) is 0 Å². The highest BCUT2D eigenvalue weighted by Crippen LogP contribution is 2.30. The van der Waals surface area contributed by atoms with Crippen LogP contribution in [0.3, 0.4) is 0 Å². The first-order valence-electron chi connectivity index (χ1n) is 8.73. The fourth-order valence-electron chi connectivity index (χ4n) is 4.01. The van der Waals surface area contributed by atoms with E-state index in [0.717, 1.165) is 18.0 Å². The predicted molar refractivity (Wildman–Crippen MR) is 83.5 cm³/mol. The van der Waals surface area contributed by atoms with Gasteiger partial charge in [-0.2, -0.15) is 0 Å². The average Bonchev–Trinajstić information content (AvgIpc) is 2.43. The SMILES string of the molecule is CCC1CCCC(N2CCC(C)NC(CC)CC2)C1. The third-order valence-corrected chi connectivity index (χ3v) is 5.48. The van der Waals surface area contributed by atoms with Crippen LogP contribution in [-0.4, -0.2) is 36.1 Å². The molecular weight excluding hydrogens is 232 g/mol. The van der Waals surface area contributed by atoms with E-state index in [1.807, 2.05) is 0 Å². The molecule has 2 rings (SSSR count). The van der Waals surface area contributed by atoms with Gasteiger partial charge in [0.05, 0.1) is 0 Å². The normalized spacial score (nSPS) is 38.7. The molecule has 1 heterocycles. The van der Waals surface area contributed by atoms with Crippen LogP contribution < -0.4 is 5.32 Å². The van der Waals surface area contributed by atoms with Gasteiger partial charge in [-0.1, -0.05) is 33.1 Å². The van der Waals surface area contributed by atoms with Crippen LogP contribution in [0.2, 0.25) is 0 Å². The number of hydrogen-bond acceptors (Lipinski definition) is 2. The van der Waals surface area contributed by atoms with Gasteiger partial charge < -0.3 is 10.2 Å². The summed E-state index contributed by atoms with van der Waals surface area (Å²) in [4.78, 5) is 2.84. The lowest BCUT2D eigenvalue weighted by Gasteiger charge is -2.40. The smallest absolute Gasteiger partial charge is 0.00979 e. The molecule has 0 aromatic heterocycles. The van der Waals surface area contributed by atoms with Gasteiger partial charge in [0.1, 0.15) is 0 Å². The summed E-state index contributed by atoms with van der Waals surface area (Å²) in [6.07, 6.45) is 11.2. The summed E-state index contributed by atoms with van der Waals surface area (Å²) in [5, 5.41) is 3.79. The molecule has 0 spiro atoms. The minimum Gasteiger partial charge on any atom is -0.311 e. The van der Waals surface area contributed by atoms with E-state index in [4.69, 9.17) is 0 Å². The van der Waals surface area contributed by atoms with Crippen LogP contribution in [0.4, 0.5) is 0 Å². The number of nitrogens with zero attached hydrogens (tertiary/aromatic N) is 1. The molecule has 2 heteroatoms. The Bertz CT molecular complexity index is 254. The van der Waals surface area contributed by atoms with Gasteiger partial charge in [-0.3, -0.25) is 0 Å². The highest BCUT2D eigenvalue weighted by Gasteiger charge is 2.27. The molecule has 0 bridgehead atoms. The van der Waals surface area contributed by atoms with Crippen LogP contribution in [-0.2, 0) is 0 Å². The van der Waals surface area contributed by atoms with Crippen LogP contribution in [0.15, 0.2) is 0 Å². The van der Waals surface area contributed by atoms with E-state index in [2.05, 4.69) is 31.0 Å². The fourth-order valence-corrected chi connectivity index (χ4v) is 4.01. The maximum Gasteiger partial charge on any atom is 0.00979 e. The molecule has 0 amide bonds. The van der Waals surface area contributed by atoms with Gasteiger partial charge in [0.2, 0.25) is 0 Å². The van der Waals surface area contributed by atoms with Crippen molar-refractivity contribution >= 4 is 0 Å². The lowest BCUT2D eigenvalue weighted by Crippen LogP contribution is -2.48. The van der Waals surface area contributed by atoms with E-state index < -0.39 is 0 Å². The molecule has 2 nitrogen and oxygen atoms in total. The fraction of sp³-hybridized carbons (Fsp3) is 1.00. The minimum absolute atomic E-state index is 0.693. The maximum absolute atomic E-state index is 3.79. The molecule has 4 atom stereocenters. The van der Waals surface area contributed by atoms with Crippen LogP contribution in [0.25, 0.3) is 0 Å². The van der Waals surface area contributed by atoms with Crippen LogP contribution in [0.1, 0.15) is 72.1 Å². The molecule has 1 aliphatic carbocycles. The molecule has 1 saturated heterocycles. The lowest BCUT2D eigenvalue weighted by atomic mass is 9.83. The summed E-state index contributed by atoms with van der Waals surface area (Å²) in [7, 11) is 0. The van der Waals surface area contributed by atoms with Crippen LogP contribution in [0.5, 0.6) is 0 Å². The van der Waals surface area contributed by atoms with Gasteiger partial charge in [0.25, 0.3) is 0 Å². The van der Waals surface area contributed by atoms with Crippen molar-refractivity contribution in [2.75, 3.05) is 13.1 Å². The molecule has 1 N–H and O–H groups in total. The van der Waals surface area contributed by atoms with E-state index in [1.54, 1.807) is 0 Å². The predicted octanol–water partition coefficient (Wildman–Crippen LogP) is 3.81. The molecule has 0 radical (unpaired) electrons. The summed E-state index contributed by atoms with van der Waals surface area (Å²) in [5.74, 6) is 1.00. The Morgan fingerprint density at radius 1 is 1.00 bits per heavy atom. The van der Waals surface area contributed by atoms with Crippen molar-refractivity contribution in [1.29, 1.82) is 0 Å². The Labute approximate surface area is 120 Å². The molecule has 112 valence electrons. The Morgan fingerprint density at radius 3 is 2.53 bits per heavy atom. The van der Waals surface area contributed by atoms with Crippen molar-refractivity contribution in [2.45, 2.75) is 90.3 Å². The Hall–Kier alpha value is -0.0800.